The van der Waals surface area contributed by atoms with Gasteiger partial charge in [-0.15, -0.1) is 12.4 Å². The molecule has 2 atom stereocenters. The second-order valence-electron chi connectivity index (χ2n) is 7.58. The van der Waals surface area contributed by atoms with Crippen LogP contribution in [0.15, 0.2) is 30.3 Å². The van der Waals surface area contributed by atoms with Crippen LogP contribution in [-0.2, 0) is 16.0 Å². The molecule has 2 aliphatic heterocycles. The third-order valence-corrected chi connectivity index (χ3v) is 5.46. The van der Waals surface area contributed by atoms with E-state index >= 15 is 0 Å². The summed E-state index contributed by atoms with van der Waals surface area (Å²) < 4.78 is 5.68. The molecule has 0 aromatic heterocycles. The molecule has 2 unspecified atom stereocenters. The van der Waals surface area contributed by atoms with Crippen LogP contribution in [0.3, 0.4) is 0 Å². The minimum absolute atomic E-state index is 0. The van der Waals surface area contributed by atoms with E-state index in [1.807, 2.05) is 6.07 Å². The number of piperidine rings is 1. The second kappa shape index (κ2) is 11.6. The van der Waals surface area contributed by atoms with Gasteiger partial charge in [0.2, 0.25) is 5.91 Å². The molecule has 26 heavy (non-hydrogen) atoms. The molecule has 1 aromatic rings. The van der Waals surface area contributed by atoms with Crippen LogP contribution in [0.4, 0.5) is 0 Å². The molecule has 2 heterocycles. The first-order chi connectivity index (χ1) is 12.3. The van der Waals surface area contributed by atoms with Gasteiger partial charge in [-0.25, -0.2) is 0 Å². The minimum atomic E-state index is 0. The van der Waals surface area contributed by atoms with Gasteiger partial charge in [0, 0.05) is 31.7 Å². The van der Waals surface area contributed by atoms with Gasteiger partial charge in [0.05, 0.1) is 6.61 Å². The average Bonchev–Trinajstić information content (AvgIpc) is 2.96. The molecule has 3 rings (SSSR count). The minimum Gasteiger partial charge on any atom is -0.381 e. The molecular weight excluding hydrogens is 348 g/mol. The molecule has 1 amide bonds. The van der Waals surface area contributed by atoms with Crippen LogP contribution in [0, 0.1) is 5.92 Å². The fourth-order valence-electron chi connectivity index (χ4n) is 4.17. The van der Waals surface area contributed by atoms with E-state index in [0.717, 1.165) is 39.0 Å². The van der Waals surface area contributed by atoms with Crippen molar-refractivity contribution in [2.24, 2.45) is 5.92 Å². The first-order valence-corrected chi connectivity index (χ1v) is 9.94. The molecule has 0 aliphatic carbocycles. The number of nitrogens with one attached hydrogen (secondary N) is 2. The summed E-state index contributed by atoms with van der Waals surface area (Å²) in [6, 6.07) is 11.8. The molecule has 2 saturated heterocycles. The molecular formula is C21H33ClN2O2. The first-order valence-electron chi connectivity index (χ1n) is 9.94. The summed E-state index contributed by atoms with van der Waals surface area (Å²) in [5, 5.41) is 6.72. The van der Waals surface area contributed by atoms with Crippen molar-refractivity contribution in [3.63, 3.8) is 0 Å². The molecule has 2 N–H and O–H groups in total. The Kier molecular flexibility index (Phi) is 9.44. The molecule has 0 spiro atoms. The zero-order valence-electron chi connectivity index (χ0n) is 15.6. The summed E-state index contributed by atoms with van der Waals surface area (Å²) in [5.41, 5.74) is 1.32. The van der Waals surface area contributed by atoms with Crippen molar-refractivity contribution in [3.05, 3.63) is 35.9 Å². The molecule has 0 radical (unpaired) electrons. The number of ether oxygens (including phenoxy) is 1. The number of benzene rings is 1. The zero-order valence-corrected chi connectivity index (χ0v) is 16.4. The summed E-state index contributed by atoms with van der Waals surface area (Å²) in [6.45, 7) is 2.33. The summed E-state index contributed by atoms with van der Waals surface area (Å²) in [6.07, 6.45) is 8.64. The van der Waals surface area contributed by atoms with E-state index in [1.165, 1.54) is 31.2 Å². The Bertz CT molecular complexity index is 514. The number of rotatable bonds is 10. The molecule has 146 valence electrons. The number of hydrogen-bond acceptors (Lipinski definition) is 3. The van der Waals surface area contributed by atoms with Crippen LogP contribution in [0.2, 0.25) is 0 Å². The highest BCUT2D eigenvalue weighted by molar-refractivity contribution is 5.85. The van der Waals surface area contributed by atoms with Crippen molar-refractivity contribution >= 4 is 18.3 Å². The molecule has 2 bridgehead atoms. The third-order valence-electron chi connectivity index (χ3n) is 5.46. The van der Waals surface area contributed by atoms with E-state index in [4.69, 9.17) is 4.74 Å². The maximum absolute atomic E-state index is 12.1. The normalized spacial score (nSPS) is 24.1. The average molecular weight is 381 g/mol. The van der Waals surface area contributed by atoms with Crippen molar-refractivity contribution in [2.75, 3.05) is 19.8 Å². The van der Waals surface area contributed by atoms with Gasteiger partial charge in [0.25, 0.3) is 0 Å². The van der Waals surface area contributed by atoms with Gasteiger partial charge in [-0.2, -0.15) is 0 Å². The molecule has 4 nitrogen and oxygen atoms in total. The maximum atomic E-state index is 12.1. The summed E-state index contributed by atoms with van der Waals surface area (Å²) in [5.74, 6) is 0.816. The van der Waals surface area contributed by atoms with Gasteiger partial charge in [0.1, 0.15) is 0 Å². The molecule has 0 saturated carbocycles. The van der Waals surface area contributed by atoms with Crippen LogP contribution in [-0.4, -0.2) is 37.7 Å². The Balaban J connectivity index is 0.00000243. The van der Waals surface area contributed by atoms with Crippen molar-refractivity contribution in [2.45, 2.75) is 63.5 Å². The summed E-state index contributed by atoms with van der Waals surface area (Å²) in [7, 11) is 0. The number of carbonyl (C=O) groups excluding carboxylic acids is 1. The van der Waals surface area contributed by atoms with Crippen molar-refractivity contribution < 1.29 is 9.53 Å². The number of hydrogen-bond donors (Lipinski definition) is 2. The third kappa shape index (κ3) is 7.26. The zero-order chi connectivity index (χ0) is 17.3. The highest BCUT2D eigenvalue weighted by Gasteiger charge is 2.33. The molecule has 2 fully saturated rings. The molecule has 5 heteroatoms. The van der Waals surface area contributed by atoms with Crippen LogP contribution in [0.5, 0.6) is 0 Å². The van der Waals surface area contributed by atoms with E-state index < -0.39 is 0 Å². The van der Waals surface area contributed by atoms with Gasteiger partial charge in [-0.05, 0) is 56.4 Å². The number of unbranched alkanes of at least 4 members (excludes halogenated alkanes) is 1. The van der Waals surface area contributed by atoms with Crippen LogP contribution < -0.4 is 10.6 Å². The predicted molar refractivity (Wildman–Crippen MR) is 108 cm³/mol. The quantitative estimate of drug-likeness (QED) is 0.611. The lowest BCUT2D eigenvalue weighted by atomic mass is 9.89. The van der Waals surface area contributed by atoms with E-state index in [-0.39, 0.29) is 18.3 Å². The number of carbonyl (C=O) groups is 1. The van der Waals surface area contributed by atoms with E-state index in [9.17, 15) is 4.79 Å². The summed E-state index contributed by atoms with van der Waals surface area (Å²) in [4.78, 5) is 12.1. The first kappa shape index (κ1) is 21.2. The lowest BCUT2D eigenvalue weighted by Crippen LogP contribution is -2.39. The largest absolute Gasteiger partial charge is 0.381 e. The topological polar surface area (TPSA) is 50.4 Å². The van der Waals surface area contributed by atoms with Crippen LogP contribution in [0.25, 0.3) is 0 Å². The van der Waals surface area contributed by atoms with E-state index in [1.54, 1.807) is 0 Å². The fourth-order valence-corrected chi connectivity index (χ4v) is 4.17. The Morgan fingerprint density at radius 2 is 1.81 bits per heavy atom. The lowest BCUT2D eigenvalue weighted by molar-refractivity contribution is -0.122. The van der Waals surface area contributed by atoms with Gasteiger partial charge < -0.3 is 15.4 Å². The number of halogens is 1. The van der Waals surface area contributed by atoms with Crippen molar-refractivity contribution in [3.8, 4) is 0 Å². The predicted octanol–water partition coefficient (Wildman–Crippen LogP) is 3.48. The van der Waals surface area contributed by atoms with Crippen molar-refractivity contribution in [1.82, 2.24) is 10.6 Å². The highest BCUT2D eigenvalue weighted by Crippen LogP contribution is 2.32. The fraction of sp³-hybridized carbons (Fsp3) is 0.667. The lowest BCUT2D eigenvalue weighted by Gasteiger charge is -2.28. The molecule has 2 aliphatic rings. The highest BCUT2D eigenvalue weighted by atomic mass is 35.5. The standard InChI is InChI=1S/C21H32N2O2.ClH/c24-21(16-18-14-19-8-9-20(15-18)23-19)22-11-4-5-12-25-13-10-17-6-2-1-3-7-17;/h1-3,6-7,18-20,23H,4-5,8-16H2,(H,22,24);1H. The van der Waals surface area contributed by atoms with E-state index in [0.29, 0.717) is 24.4 Å². The van der Waals surface area contributed by atoms with Crippen LogP contribution >= 0.6 is 12.4 Å². The number of fused-ring (bicyclic) bond motifs is 2. The van der Waals surface area contributed by atoms with Gasteiger partial charge >= 0.3 is 0 Å². The van der Waals surface area contributed by atoms with Gasteiger partial charge in [-0.1, -0.05) is 30.3 Å². The maximum Gasteiger partial charge on any atom is 0.220 e. The Hall–Kier alpha value is -1.10. The second-order valence-corrected chi connectivity index (χ2v) is 7.58. The Morgan fingerprint density at radius 1 is 1.08 bits per heavy atom. The monoisotopic (exact) mass is 380 g/mol. The summed E-state index contributed by atoms with van der Waals surface area (Å²) >= 11 is 0. The van der Waals surface area contributed by atoms with Crippen molar-refractivity contribution in [1.29, 1.82) is 0 Å². The Labute approximate surface area is 163 Å². The molecule has 1 aromatic carbocycles. The SMILES string of the molecule is Cl.O=C(CC1CC2CCC(C1)N2)NCCCCOCCc1ccccc1. The van der Waals surface area contributed by atoms with Gasteiger partial charge in [0.15, 0.2) is 0 Å². The van der Waals surface area contributed by atoms with E-state index in [2.05, 4.69) is 34.9 Å². The Morgan fingerprint density at radius 3 is 2.54 bits per heavy atom. The van der Waals surface area contributed by atoms with Gasteiger partial charge in [-0.3, -0.25) is 4.79 Å². The smallest absolute Gasteiger partial charge is 0.220 e. The number of amides is 1. The van der Waals surface area contributed by atoms with Crippen LogP contribution in [0.1, 0.15) is 50.5 Å².